The molecule has 0 fully saturated rings. The lowest BCUT2D eigenvalue weighted by Gasteiger charge is -2.23. The van der Waals surface area contributed by atoms with E-state index in [0.29, 0.717) is 18.1 Å². The van der Waals surface area contributed by atoms with Crippen molar-refractivity contribution in [1.82, 2.24) is 10.3 Å². The number of nitrogens with zero attached hydrogens (tertiary/aromatic N) is 2. The van der Waals surface area contributed by atoms with Gasteiger partial charge in [-0.3, -0.25) is 0 Å². The molecule has 0 bridgehead atoms. The number of carbonyl (C=O) groups excluding carboxylic acids is 1. The zero-order valence-electron chi connectivity index (χ0n) is 14.0. The van der Waals surface area contributed by atoms with Gasteiger partial charge in [0.25, 0.3) is 0 Å². The van der Waals surface area contributed by atoms with Gasteiger partial charge < -0.3 is 15.0 Å². The number of pyridine rings is 1. The van der Waals surface area contributed by atoms with E-state index >= 15 is 0 Å². The molecule has 1 N–H and O–H groups in total. The van der Waals surface area contributed by atoms with Crippen LogP contribution in [0.1, 0.15) is 26.3 Å². The number of ether oxygens (including phenoxy) is 1. The molecule has 1 heterocycles. The lowest BCUT2D eigenvalue weighted by Crippen LogP contribution is -2.42. The highest BCUT2D eigenvalue weighted by molar-refractivity contribution is 5.73. The topological polar surface area (TPSA) is 54.5 Å². The molecule has 122 valence electrons. The molecule has 5 heteroatoms. The van der Waals surface area contributed by atoms with Crippen molar-refractivity contribution in [2.24, 2.45) is 0 Å². The Morgan fingerprint density at radius 3 is 2.52 bits per heavy atom. The van der Waals surface area contributed by atoms with E-state index in [1.165, 1.54) is 0 Å². The van der Waals surface area contributed by atoms with Crippen LogP contribution in [0.25, 0.3) is 0 Å². The number of aromatic nitrogens is 1. The van der Waals surface area contributed by atoms with Gasteiger partial charge in [0.05, 0.1) is 0 Å². The highest BCUT2D eigenvalue weighted by Crippen LogP contribution is 2.25. The number of benzene rings is 1. The van der Waals surface area contributed by atoms with Crippen LogP contribution < -0.4 is 15.0 Å². The van der Waals surface area contributed by atoms with Gasteiger partial charge in [0, 0.05) is 25.3 Å². The van der Waals surface area contributed by atoms with E-state index in [2.05, 4.69) is 10.3 Å². The maximum absolute atomic E-state index is 12.0. The predicted molar refractivity (Wildman–Crippen MR) is 91.7 cm³/mol. The molecule has 0 saturated heterocycles. The molecule has 0 atom stereocenters. The first-order valence-corrected chi connectivity index (χ1v) is 7.55. The highest BCUT2D eigenvalue weighted by Gasteiger charge is 2.18. The molecule has 0 unspecified atom stereocenters. The van der Waals surface area contributed by atoms with Crippen LogP contribution in [0, 0.1) is 0 Å². The quantitative estimate of drug-likeness (QED) is 0.937. The smallest absolute Gasteiger partial charge is 0.406 e. The van der Waals surface area contributed by atoms with Crippen LogP contribution in [0.5, 0.6) is 5.75 Å². The Bertz CT molecular complexity index is 651. The van der Waals surface area contributed by atoms with Crippen LogP contribution in [-0.4, -0.2) is 23.7 Å². The van der Waals surface area contributed by atoms with Gasteiger partial charge in [0.15, 0.2) is 11.6 Å². The maximum Gasteiger partial charge on any atom is 0.413 e. The SMILES string of the molecule is CN(Cc1ccccc1)c1ncccc1OC(=O)NC(C)(C)C. The minimum Gasteiger partial charge on any atom is -0.406 e. The Morgan fingerprint density at radius 1 is 1.17 bits per heavy atom. The van der Waals surface area contributed by atoms with Crippen molar-refractivity contribution < 1.29 is 9.53 Å². The second kappa shape index (κ2) is 7.13. The third kappa shape index (κ3) is 5.29. The first kappa shape index (κ1) is 16.8. The number of hydrogen-bond donors (Lipinski definition) is 1. The Hall–Kier alpha value is -2.56. The van der Waals surface area contributed by atoms with E-state index in [1.807, 2.05) is 63.1 Å². The van der Waals surface area contributed by atoms with Gasteiger partial charge in [0.1, 0.15) is 0 Å². The van der Waals surface area contributed by atoms with E-state index < -0.39 is 6.09 Å². The largest absolute Gasteiger partial charge is 0.413 e. The van der Waals surface area contributed by atoms with E-state index in [1.54, 1.807) is 18.3 Å². The van der Waals surface area contributed by atoms with Crippen LogP contribution in [-0.2, 0) is 6.54 Å². The van der Waals surface area contributed by atoms with E-state index in [0.717, 1.165) is 5.56 Å². The van der Waals surface area contributed by atoms with Crippen LogP contribution in [0.3, 0.4) is 0 Å². The summed E-state index contributed by atoms with van der Waals surface area (Å²) in [5, 5.41) is 2.78. The summed E-state index contributed by atoms with van der Waals surface area (Å²) in [5.41, 5.74) is 0.806. The summed E-state index contributed by atoms with van der Waals surface area (Å²) in [6, 6.07) is 13.6. The summed E-state index contributed by atoms with van der Waals surface area (Å²) < 4.78 is 5.43. The number of anilines is 1. The van der Waals surface area contributed by atoms with Crippen LogP contribution in [0.4, 0.5) is 10.6 Å². The van der Waals surface area contributed by atoms with Crippen molar-refractivity contribution >= 4 is 11.9 Å². The summed E-state index contributed by atoms with van der Waals surface area (Å²) in [5.74, 6) is 1.06. The summed E-state index contributed by atoms with van der Waals surface area (Å²) in [4.78, 5) is 18.3. The van der Waals surface area contributed by atoms with Gasteiger partial charge in [0.2, 0.25) is 0 Å². The third-order valence-corrected chi connectivity index (χ3v) is 3.05. The van der Waals surface area contributed by atoms with E-state index in [4.69, 9.17) is 4.74 Å². The minimum absolute atomic E-state index is 0.352. The average molecular weight is 313 g/mol. The molecule has 0 aliphatic heterocycles. The Labute approximate surface area is 137 Å². The van der Waals surface area contributed by atoms with Crippen molar-refractivity contribution in [3.8, 4) is 5.75 Å². The molecule has 0 aliphatic carbocycles. The van der Waals surface area contributed by atoms with Gasteiger partial charge in [-0.15, -0.1) is 0 Å². The molecule has 0 saturated carbocycles. The molecule has 0 aliphatic rings. The van der Waals surface area contributed by atoms with E-state index in [-0.39, 0.29) is 5.54 Å². The lowest BCUT2D eigenvalue weighted by atomic mass is 10.1. The average Bonchev–Trinajstić information content (AvgIpc) is 2.46. The maximum atomic E-state index is 12.0. The van der Waals surface area contributed by atoms with Crippen LogP contribution in [0.15, 0.2) is 48.7 Å². The monoisotopic (exact) mass is 313 g/mol. The zero-order valence-corrected chi connectivity index (χ0v) is 14.0. The second-order valence-electron chi connectivity index (χ2n) is 6.43. The molecule has 1 aromatic carbocycles. The van der Waals surface area contributed by atoms with Gasteiger partial charge in [-0.05, 0) is 38.5 Å². The molecule has 0 spiro atoms. The van der Waals surface area contributed by atoms with Crippen molar-refractivity contribution in [2.45, 2.75) is 32.9 Å². The number of amides is 1. The fourth-order valence-electron chi connectivity index (χ4n) is 2.11. The zero-order chi connectivity index (χ0) is 16.9. The normalized spacial score (nSPS) is 11.0. The molecule has 23 heavy (non-hydrogen) atoms. The third-order valence-electron chi connectivity index (χ3n) is 3.05. The summed E-state index contributed by atoms with van der Waals surface area (Å²) >= 11 is 0. The first-order valence-electron chi connectivity index (χ1n) is 7.55. The van der Waals surface area contributed by atoms with Crippen molar-refractivity contribution in [3.63, 3.8) is 0 Å². The summed E-state index contributed by atoms with van der Waals surface area (Å²) in [7, 11) is 1.92. The standard InChI is InChI=1S/C18H23N3O2/c1-18(2,3)20-17(22)23-15-11-8-12-19-16(15)21(4)13-14-9-6-5-7-10-14/h5-12H,13H2,1-4H3,(H,20,22). The van der Waals surface area contributed by atoms with Crippen LogP contribution >= 0.6 is 0 Å². The van der Waals surface area contributed by atoms with Gasteiger partial charge in [-0.25, -0.2) is 9.78 Å². The molecular weight excluding hydrogens is 290 g/mol. The Kier molecular flexibility index (Phi) is 5.21. The van der Waals surface area contributed by atoms with Crippen LogP contribution in [0.2, 0.25) is 0 Å². The fraction of sp³-hybridized carbons (Fsp3) is 0.333. The molecule has 5 nitrogen and oxygen atoms in total. The van der Waals surface area contributed by atoms with Crippen molar-refractivity contribution in [2.75, 3.05) is 11.9 Å². The molecule has 1 amide bonds. The van der Waals surface area contributed by atoms with Gasteiger partial charge >= 0.3 is 6.09 Å². The minimum atomic E-state index is -0.486. The van der Waals surface area contributed by atoms with Gasteiger partial charge in [-0.2, -0.15) is 0 Å². The summed E-state index contributed by atoms with van der Waals surface area (Å²) in [6.45, 7) is 6.38. The number of nitrogens with one attached hydrogen (secondary N) is 1. The molecule has 2 aromatic rings. The van der Waals surface area contributed by atoms with Gasteiger partial charge in [-0.1, -0.05) is 30.3 Å². The number of hydrogen-bond acceptors (Lipinski definition) is 4. The van der Waals surface area contributed by atoms with Crippen molar-refractivity contribution in [1.29, 1.82) is 0 Å². The second-order valence-corrected chi connectivity index (χ2v) is 6.43. The Balaban J connectivity index is 2.12. The lowest BCUT2D eigenvalue weighted by molar-refractivity contribution is 0.190. The molecule has 0 radical (unpaired) electrons. The first-order chi connectivity index (χ1) is 10.8. The summed E-state index contributed by atoms with van der Waals surface area (Å²) in [6.07, 6.45) is 1.20. The number of rotatable bonds is 4. The molecule has 1 aromatic heterocycles. The van der Waals surface area contributed by atoms with E-state index in [9.17, 15) is 4.79 Å². The predicted octanol–water partition coefficient (Wildman–Crippen LogP) is 3.60. The molecule has 2 rings (SSSR count). The Morgan fingerprint density at radius 2 is 1.87 bits per heavy atom. The molecular formula is C18H23N3O2. The fourth-order valence-corrected chi connectivity index (χ4v) is 2.11. The van der Waals surface area contributed by atoms with Crippen molar-refractivity contribution in [3.05, 3.63) is 54.2 Å². The number of carbonyl (C=O) groups is 1. The highest BCUT2D eigenvalue weighted by atomic mass is 16.6.